The molecule has 106 valence electrons. The number of carbonyl (C=O) groups excluding carboxylic acids is 1. The zero-order valence-electron chi connectivity index (χ0n) is 11.2. The smallest absolute Gasteiger partial charge is 0.274 e. The van der Waals surface area contributed by atoms with Crippen molar-refractivity contribution in [3.8, 4) is 0 Å². The van der Waals surface area contributed by atoms with E-state index in [9.17, 15) is 4.79 Å². The minimum Gasteiger partial charge on any atom is -0.333 e. The Morgan fingerprint density at radius 2 is 2.32 bits per heavy atom. The van der Waals surface area contributed by atoms with Crippen LogP contribution in [0.25, 0.3) is 0 Å². The van der Waals surface area contributed by atoms with E-state index in [0.29, 0.717) is 11.7 Å². The van der Waals surface area contributed by atoms with Gasteiger partial charge in [0.25, 0.3) is 5.91 Å². The molecule has 2 aliphatic rings. The van der Waals surface area contributed by atoms with Gasteiger partial charge < -0.3 is 10.2 Å². The highest BCUT2D eigenvalue weighted by atomic mass is 35.5. The van der Waals surface area contributed by atoms with Gasteiger partial charge in [-0.25, -0.2) is 0 Å². The number of nitrogens with zero attached hydrogens (tertiary/aromatic N) is 2. The van der Waals surface area contributed by atoms with Crippen LogP contribution in [0, 0.1) is 0 Å². The first kappa shape index (κ1) is 14.3. The second-order valence-electron chi connectivity index (χ2n) is 5.24. The average molecular weight is 285 g/mol. The fourth-order valence-electron chi connectivity index (χ4n) is 3.18. The summed E-state index contributed by atoms with van der Waals surface area (Å²) in [6, 6.07) is 0.330. The van der Waals surface area contributed by atoms with Crippen molar-refractivity contribution >= 4 is 18.3 Å². The number of aromatic nitrogens is 2. The molecule has 5 nitrogen and oxygen atoms in total. The topological polar surface area (TPSA) is 61.0 Å². The molecule has 0 spiro atoms. The van der Waals surface area contributed by atoms with Gasteiger partial charge >= 0.3 is 0 Å². The Labute approximate surface area is 119 Å². The van der Waals surface area contributed by atoms with Gasteiger partial charge in [0, 0.05) is 30.4 Å². The number of fused-ring (bicyclic) bond motifs is 1. The molecule has 0 bridgehead atoms. The van der Waals surface area contributed by atoms with Crippen LogP contribution in [0.3, 0.4) is 0 Å². The Bertz CT molecular complexity index is 459. The van der Waals surface area contributed by atoms with Crippen LogP contribution in [-0.2, 0) is 12.8 Å². The van der Waals surface area contributed by atoms with E-state index in [4.69, 9.17) is 0 Å². The van der Waals surface area contributed by atoms with E-state index in [2.05, 4.69) is 15.5 Å². The lowest BCUT2D eigenvalue weighted by Crippen LogP contribution is -2.41. The maximum absolute atomic E-state index is 12.6. The van der Waals surface area contributed by atoms with Crippen molar-refractivity contribution in [2.75, 3.05) is 20.1 Å². The molecule has 6 heteroatoms. The number of hydrogen-bond donors (Lipinski definition) is 2. The molecule has 1 aromatic heterocycles. The molecule has 1 unspecified atom stereocenters. The van der Waals surface area contributed by atoms with E-state index < -0.39 is 0 Å². The Morgan fingerprint density at radius 3 is 3.11 bits per heavy atom. The lowest BCUT2D eigenvalue weighted by Gasteiger charge is -2.24. The summed E-state index contributed by atoms with van der Waals surface area (Å²) in [5, 5.41) is 10.4. The van der Waals surface area contributed by atoms with E-state index >= 15 is 0 Å². The van der Waals surface area contributed by atoms with Gasteiger partial charge in [-0.15, -0.1) is 12.4 Å². The first-order valence-corrected chi connectivity index (χ1v) is 6.83. The molecule has 3 rings (SSSR count). The minimum absolute atomic E-state index is 0. The summed E-state index contributed by atoms with van der Waals surface area (Å²) in [5.41, 5.74) is 3.00. The zero-order chi connectivity index (χ0) is 12.5. The second-order valence-corrected chi connectivity index (χ2v) is 5.24. The Morgan fingerprint density at radius 1 is 1.47 bits per heavy atom. The molecular formula is C13H21ClN4O. The number of halogens is 1. The van der Waals surface area contributed by atoms with E-state index in [1.54, 1.807) is 0 Å². The number of amides is 1. The van der Waals surface area contributed by atoms with Crippen molar-refractivity contribution in [2.45, 2.75) is 38.1 Å². The monoisotopic (exact) mass is 284 g/mol. The second kappa shape index (κ2) is 5.92. The van der Waals surface area contributed by atoms with Gasteiger partial charge in [0.1, 0.15) is 0 Å². The average Bonchev–Trinajstić information content (AvgIpc) is 3.03. The van der Waals surface area contributed by atoms with Crippen molar-refractivity contribution in [1.29, 1.82) is 0 Å². The Balaban J connectivity index is 0.00000133. The molecule has 1 aromatic rings. The summed E-state index contributed by atoms with van der Waals surface area (Å²) in [7, 11) is 1.94. The molecule has 19 heavy (non-hydrogen) atoms. The zero-order valence-corrected chi connectivity index (χ0v) is 12.1. The molecule has 1 saturated heterocycles. The van der Waals surface area contributed by atoms with Crippen molar-refractivity contribution in [2.24, 2.45) is 0 Å². The minimum atomic E-state index is 0. The van der Waals surface area contributed by atoms with Gasteiger partial charge in [-0.3, -0.25) is 9.89 Å². The third-order valence-electron chi connectivity index (χ3n) is 4.09. The molecule has 1 aliphatic carbocycles. The highest BCUT2D eigenvalue weighted by Gasteiger charge is 2.32. The normalized spacial score (nSPS) is 21.3. The molecule has 2 N–H and O–H groups in total. The first-order valence-electron chi connectivity index (χ1n) is 6.83. The third kappa shape index (κ3) is 2.49. The number of hydrogen-bond acceptors (Lipinski definition) is 3. The van der Waals surface area contributed by atoms with Crippen molar-refractivity contribution in [1.82, 2.24) is 20.4 Å². The number of rotatable bonds is 3. The van der Waals surface area contributed by atoms with Gasteiger partial charge in [-0.2, -0.15) is 5.10 Å². The highest BCUT2D eigenvalue weighted by Crippen LogP contribution is 2.26. The van der Waals surface area contributed by atoms with Crippen LogP contribution < -0.4 is 5.32 Å². The lowest BCUT2D eigenvalue weighted by molar-refractivity contribution is 0.0730. The Hall–Kier alpha value is -1.07. The predicted octanol–water partition coefficient (Wildman–Crippen LogP) is 1.14. The fraction of sp³-hybridized carbons (Fsp3) is 0.692. The summed E-state index contributed by atoms with van der Waals surface area (Å²) in [6.45, 7) is 1.74. The molecule has 0 aromatic carbocycles. The third-order valence-corrected chi connectivity index (χ3v) is 4.09. The van der Waals surface area contributed by atoms with Gasteiger partial charge in [-0.1, -0.05) is 0 Å². The van der Waals surface area contributed by atoms with Gasteiger partial charge in [0.05, 0.1) is 0 Å². The molecule has 2 heterocycles. The largest absolute Gasteiger partial charge is 0.333 e. The standard InChI is InChI=1S/C13H20N4O.ClH/c1-14-8-9-4-3-7-17(9)13(18)12-10-5-2-6-11(10)15-16-12;/h9,14H,2-8H2,1H3,(H,15,16);1H. The van der Waals surface area contributed by atoms with Crippen LogP contribution >= 0.6 is 12.4 Å². The molecule has 1 atom stereocenters. The molecule has 0 saturated carbocycles. The number of H-pyrrole nitrogens is 1. The van der Waals surface area contributed by atoms with Crippen molar-refractivity contribution in [3.63, 3.8) is 0 Å². The molecular weight excluding hydrogens is 264 g/mol. The number of aryl methyl sites for hydroxylation is 1. The van der Waals surface area contributed by atoms with Gasteiger partial charge in [0.2, 0.25) is 0 Å². The van der Waals surface area contributed by atoms with Crippen molar-refractivity contribution in [3.05, 3.63) is 17.0 Å². The van der Waals surface area contributed by atoms with Gasteiger partial charge in [-0.05, 0) is 39.2 Å². The number of likely N-dealkylation sites (N-methyl/N-ethyl adjacent to an activating group) is 1. The number of carbonyl (C=O) groups is 1. The van der Waals surface area contributed by atoms with E-state index in [1.807, 2.05) is 11.9 Å². The predicted molar refractivity (Wildman–Crippen MR) is 75.8 cm³/mol. The van der Waals surface area contributed by atoms with Crippen molar-refractivity contribution < 1.29 is 4.79 Å². The molecule has 1 fully saturated rings. The number of likely N-dealkylation sites (tertiary alicyclic amines) is 1. The summed E-state index contributed by atoms with van der Waals surface area (Å²) < 4.78 is 0. The lowest BCUT2D eigenvalue weighted by atomic mass is 10.1. The van der Waals surface area contributed by atoms with Crippen LogP contribution in [0.1, 0.15) is 41.0 Å². The number of aromatic amines is 1. The quantitative estimate of drug-likeness (QED) is 0.875. The van der Waals surface area contributed by atoms with Crippen LogP contribution in [0.2, 0.25) is 0 Å². The SMILES string of the molecule is CNCC1CCCN1C(=O)c1n[nH]c2c1CCC2.Cl. The Kier molecular flexibility index (Phi) is 4.47. The van der Waals surface area contributed by atoms with E-state index in [1.165, 1.54) is 5.69 Å². The molecule has 1 amide bonds. The molecule has 0 radical (unpaired) electrons. The molecule has 1 aliphatic heterocycles. The van der Waals surface area contributed by atoms with Crippen LogP contribution in [0.15, 0.2) is 0 Å². The first-order chi connectivity index (χ1) is 8.81. The summed E-state index contributed by atoms with van der Waals surface area (Å²) in [4.78, 5) is 14.6. The fourth-order valence-corrected chi connectivity index (χ4v) is 3.18. The number of nitrogens with one attached hydrogen (secondary N) is 2. The highest BCUT2D eigenvalue weighted by molar-refractivity contribution is 5.94. The summed E-state index contributed by atoms with van der Waals surface area (Å²) in [6.07, 6.45) is 5.38. The maximum Gasteiger partial charge on any atom is 0.274 e. The van der Waals surface area contributed by atoms with Crippen LogP contribution in [0.4, 0.5) is 0 Å². The summed E-state index contributed by atoms with van der Waals surface area (Å²) in [5.74, 6) is 0.118. The van der Waals surface area contributed by atoms with E-state index in [-0.39, 0.29) is 18.3 Å². The summed E-state index contributed by atoms with van der Waals surface area (Å²) >= 11 is 0. The maximum atomic E-state index is 12.6. The van der Waals surface area contributed by atoms with Crippen LogP contribution in [-0.4, -0.2) is 47.2 Å². The van der Waals surface area contributed by atoms with Gasteiger partial charge in [0.15, 0.2) is 5.69 Å². The van der Waals surface area contributed by atoms with E-state index in [0.717, 1.165) is 50.8 Å². The van der Waals surface area contributed by atoms with Crippen LogP contribution in [0.5, 0.6) is 0 Å².